The highest BCUT2D eigenvalue weighted by Gasteiger charge is 2.18. The Balaban J connectivity index is 1.87. The molecule has 122 valence electrons. The van der Waals surface area contributed by atoms with Crippen molar-refractivity contribution in [3.8, 4) is 0 Å². The fraction of sp³-hybridized carbons (Fsp3) is 0.444. The van der Waals surface area contributed by atoms with Crippen molar-refractivity contribution in [3.63, 3.8) is 0 Å². The Bertz CT molecular complexity index is 711. The number of hydrogen-bond acceptors (Lipinski definition) is 3. The number of nitrogens with zero attached hydrogens (tertiary/aromatic N) is 2. The molecule has 4 nitrogen and oxygen atoms in total. The number of para-hydroxylation sites is 1. The van der Waals surface area contributed by atoms with E-state index in [0.717, 1.165) is 42.5 Å². The zero-order valence-corrected chi connectivity index (χ0v) is 14.7. The van der Waals surface area contributed by atoms with Crippen LogP contribution in [0.4, 0.5) is 5.69 Å². The number of fused-ring (bicyclic) bond motifs is 2. The Morgan fingerprint density at radius 3 is 2.83 bits per heavy atom. The fourth-order valence-corrected chi connectivity index (χ4v) is 3.27. The van der Waals surface area contributed by atoms with E-state index in [0.29, 0.717) is 5.11 Å². The summed E-state index contributed by atoms with van der Waals surface area (Å²) in [6.45, 7) is 1.79. The molecule has 0 unspecified atom stereocenters. The fourth-order valence-electron chi connectivity index (χ4n) is 3.07. The van der Waals surface area contributed by atoms with Gasteiger partial charge < -0.3 is 15.5 Å². The Morgan fingerprint density at radius 2 is 2.00 bits per heavy atom. The quantitative estimate of drug-likeness (QED) is 0.845. The third-order valence-electron chi connectivity index (χ3n) is 4.25. The summed E-state index contributed by atoms with van der Waals surface area (Å²) in [5.74, 6) is 0. The van der Waals surface area contributed by atoms with E-state index in [-0.39, 0.29) is 0 Å². The summed E-state index contributed by atoms with van der Waals surface area (Å²) in [5.41, 5.74) is 4.76. The smallest absolute Gasteiger partial charge is 0.170 e. The maximum Gasteiger partial charge on any atom is 0.170 e. The van der Waals surface area contributed by atoms with Gasteiger partial charge in [-0.05, 0) is 63.6 Å². The van der Waals surface area contributed by atoms with Gasteiger partial charge in [-0.15, -0.1) is 0 Å². The molecule has 1 aromatic carbocycles. The number of aromatic nitrogens is 1. The molecule has 0 saturated carbocycles. The van der Waals surface area contributed by atoms with Gasteiger partial charge in [0.25, 0.3) is 0 Å². The van der Waals surface area contributed by atoms with Crippen molar-refractivity contribution in [2.24, 2.45) is 0 Å². The molecular weight excluding hydrogens is 304 g/mol. The summed E-state index contributed by atoms with van der Waals surface area (Å²) < 4.78 is 0. The van der Waals surface area contributed by atoms with Crippen LogP contribution < -0.4 is 10.6 Å². The molecule has 5 heteroatoms. The predicted octanol–water partition coefficient (Wildman–Crippen LogP) is 2.96. The number of nitrogens with one attached hydrogen (secondary N) is 2. The maximum atomic E-state index is 5.49. The third kappa shape index (κ3) is 3.79. The average molecular weight is 328 g/mol. The number of pyridine rings is 1. The van der Waals surface area contributed by atoms with Crippen LogP contribution in [0.2, 0.25) is 0 Å². The van der Waals surface area contributed by atoms with Crippen molar-refractivity contribution in [3.05, 3.63) is 35.5 Å². The van der Waals surface area contributed by atoms with Crippen molar-refractivity contribution in [2.75, 3.05) is 32.5 Å². The number of benzene rings is 1. The van der Waals surface area contributed by atoms with E-state index in [1.165, 1.54) is 24.1 Å². The van der Waals surface area contributed by atoms with E-state index in [1.807, 2.05) is 6.07 Å². The number of likely N-dealkylation sites (N-methyl/N-ethyl adjacent to an activating group) is 1. The van der Waals surface area contributed by atoms with E-state index in [2.05, 4.69) is 47.8 Å². The zero-order valence-electron chi connectivity index (χ0n) is 13.9. The van der Waals surface area contributed by atoms with Crippen molar-refractivity contribution < 1.29 is 0 Å². The SMILES string of the molecule is CN(C)CCNC(=S)Nc1c2c(nc3ccccc13)CCCC2. The van der Waals surface area contributed by atoms with E-state index in [9.17, 15) is 0 Å². The molecule has 1 heterocycles. The Labute approximate surface area is 143 Å². The molecule has 3 rings (SSSR count). The van der Waals surface area contributed by atoms with Gasteiger partial charge in [-0.1, -0.05) is 18.2 Å². The van der Waals surface area contributed by atoms with Crippen molar-refractivity contribution in [1.82, 2.24) is 15.2 Å². The molecule has 0 atom stereocenters. The van der Waals surface area contributed by atoms with Gasteiger partial charge in [-0.25, -0.2) is 0 Å². The highest BCUT2D eigenvalue weighted by Crippen LogP contribution is 2.33. The number of thiocarbonyl (C=S) groups is 1. The van der Waals surface area contributed by atoms with Gasteiger partial charge in [0.15, 0.2) is 5.11 Å². The molecule has 0 radical (unpaired) electrons. The number of hydrogen-bond donors (Lipinski definition) is 2. The molecule has 0 saturated heterocycles. The van der Waals surface area contributed by atoms with Crippen LogP contribution in [0.3, 0.4) is 0 Å². The minimum absolute atomic E-state index is 0.691. The molecule has 0 aliphatic heterocycles. The van der Waals surface area contributed by atoms with Crippen LogP contribution in [-0.4, -0.2) is 42.2 Å². The van der Waals surface area contributed by atoms with Gasteiger partial charge in [0.1, 0.15) is 0 Å². The van der Waals surface area contributed by atoms with Gasteiger partial charge in [0.2, 0.25) is 0 Å². The normalized spacial score (nSPS) is 13.9. The first-order valence-electron chi connectivity index (χ1n) is 8.25. The molecule has 2 aromatic rings. The first-order valence-corrected chi connectivity index (χ1v) is 8.66. The van der Waals surface area contributed by atoms with Crippen LogP contribution >= 0.6 is 12.2 Å². The number of rotatable bonds is 4. The lowest BCUT2D eigenvalue weighted by molar-refractivity contribution is 0.413. The zero-order chi connectivity index (χ0) is 16.2. The molecule has 1 aromatic heterocycles. The average Bonchev–Trinajstić information content (AvgIpc) is 2.54. The lowest BCUT2D eigenvalue weighted by Crippen LogP contribution is -2.34. The van der Waals surface area contributed by atoms with E-state index < -0.39 is 0 Å². The summed E-state index contributed by atoms with van der Waals surface area (Å²) in [6, 6.07) is 8.31. The Morgan fingerprint density at radius 1 is 1.22 bits per heavy atom. The molecule has 2 N–H and O–H groups in total. The van der Waals surface area contributed by atoms with Gasteiger partial charge in [-0.2, -0.15) is 0 Å². The van der Waals surface area contributed by atoms with Gasteiger partial charge in [0.05, 0.1) is 11.2 Å². The monoisotopic (exact) mass is 328 g/mol. The molecule has 1 aliphatic carbocycles. The van der Waals surface area contributed by atoms with Crippen molar-refractivity contribution >= 4 is 33.9 Å². The van der Waals surface area contributed by atoms with Gasteiger partial charge in [-0.3, -0.25) is 4.98 Å². The Hall–Kier alpha value is -1.72. The van der Waals surface area contributed by atoms with Crippen LogP contribution in [-0.2, 0) is 12.8 Å². The predicted molar refractivity (Wildman–Crippen MR) is 101 cm³/mol. The van der Waals surface area contributed by atoms with Crippen molar-refractivity contribution in [1.29, 1.82) is 0 Å². The van der Waals surface area contributed by atoms with Crippen molar-refractivity contribution in [2.45, 2.75) is 25.7 Å². The lowest BCUT2D eigenvalue weighted by Gasteiger charge is -2.22. The van der Waals surface area contributed by atoms with E-state index in [1.54, 1.807) is 0 Å². The molecule has 0 spiro atoms. The summed E-state index contributed by atoms with van der Waals surface area (Å²) in [6.07, 6.45) is 4.59. The maximum absolute atomic E-state index is 5.49. The summed E-state index contributed by atoms with van der Waals surface area (Å²) in [7, 11) is 4.12. The molecular formula is C18H24N4S. The molecule has 0 bridgehead atoms. The molecule has 0 fully saturated rings. The second kappa shape index (κ2) is 7.23. The van der Waals surface area contributed by atoms with Crippen LogP contribution in [0.25, 0.3) is 10.9 Å². The van der Waals surface area contributed by atoms with Crippen LogP contribution in [0, 0.1) is 0 Å². The van der Waals surface area contributed by atoms with Gasteiger partial charge >= 0.3 is 0 Å². The summed E-state index contributed by atoms with van der Waals surface area (Å²) in [4.78, 5) is 7.00. The Kier molecular flexibility index (Phi) is 5.08. The topological polar surface area (TPSA) is 40.2 Å². The summed E-state index contributed by atoms with van der Waals surface area (Å²) >= 11 is 5.49. The van der Waals surface area contributed by atoms with Crippen LogP contribution in [0.5, 0.6) is 0 Å². The first-order chi connectivity index (χ1) is 11.1. The summed E-state index contributed by atoms with van der Waals surface area (Å²) in [5, 5.41) is 8.59. The minimum Gasteiger partial charge on any atom is -0.361 e. The first kappa shape index (κ1) is 16.1. The molecule has 1 aliphatic rings. The van der Waals surface area contributed by atoms with E-state index in [4.69, 9.17) is 17.2 Å². The van der Waals surface area contributed by atoms with Crippen LogP contribution in [0.15, 0.2) is 24.3 Å². The van der Waals surface area contributed by atoms with E-state index >= 15 is 0 Å². The number of aryl methyl sites for hydroxylation is 1. The second-order valence-corrected chi connectivity index (χ2v) is 6.73. The van der Waals surface area contributed by atoms with Crippen LogP contribution in [0.1, 0.15) is 24.1 Å². The number of anilines is 1. The molecule has 0 amide bonds. The second-order valence-electron chi connectivity index (χ2n) is 6.32. The largest absolute Gasteiger partial charge is 0.361 e. The minimum atomic E-state index is 0.691. The van der Waals surface area contributed by atoms with Gasteiger partial charge in [0, 0.05) is 24.2 Å². The highest BCUT2D eigenvalue weighted by atomic mass is 32.1. The third-order valence-corrected chi connectivity index (χ3v) is 4.50. The lowest BCUT2D eigenvalue weighted by atomic mass is 9.93. The standard InChI is InChI=1S/C18H24N4S/c1-22(2)12-11-19-18(23)21-17-13-7-3-5-9-15(13)20-16-10-6-4-8-14(16)17/h3,5,7,9H,4,6,8,10-12H2,1-2H3,(H2,19,20,21,23). The molecule has 23 heavy (non-hydrogen) atoms. The highest BCUT2D eigenvalue weighted by molar-refractivity contribution is 7.80.